The van der Waals surface area contributed by atoms with Crippen LogP contribution >= 0.6 is 11.6 Å². The normalized spacial score (nSPS) is 14.2. The number of fused-ring (bicyclic) bond motifs is 1. The molecule has 0 atom stereocenters. The molecule has 1 heterocycles. The van der Waals surface area contributed by atoms with E-state index in [0.717, 1.165) is 29.6 Å². The van der Waals surface area contributed by atoms with E-state index in [9.17, 15) is 8.42 Å². The highest BCUT2D eigenvalue weighted by Gasteiger charge is 2.17. The number of benzene rings is 1. The van der Waals surface area contributed by atoms with Crippen molar-refractivity contribution in [1.29, 1.82) is 0 Å². The number of halogens is 1. The molecule has 106 valence electrons. The van der Waals surface area contributed by atoms with Gasteiger partial charge in [0.05, 0.1) is 12.9 Å². The molecule has 0 saturated carbocycles. The van der Waals surface area contributed by atoms with Gasteiger partial charge in [0.2, 0.25) is 10.0 Å². The Morgan fingerprint density at radius 1 is 1.37 bits per heavy atom. The van der Waals surface area contributed by atoms with E-state index in [1.165, 1.54) is 0 Å². The molecular weight excluding hydrogens is 288 g/mol. The molecule has 7 heteroatoms. The molecule has 2 rings (SSSR count). The van der Waals surface area contributed by atoms with E-state index in [4.69, 9.17) is 16.3 Å². The Hall–Kier alpha value is -0.820. The second-order valence-electron chi connectivity index (χ2n) is 4.49. The summed E-state index contributed by atoms with van der Waals surface area (Å²) < 4.78 is 29.8. The molecule has 0 unspecified atom stereocenters. The Morgan fingerprint density at radius 3 is 2.89 bits per heavy atom. The average molecular weight is 305 g/mol. The predicted octanol–water partition coefficient (Wildman–Crippen LogP) is 0.914. The molecule has 0 radical (unpaired) electrons. The SMILES string of the molecule is CS(=O)(=O)NCCNCc1cc(Cl)cc2c1OCC2. The van der Waals surface area contributed by atoms with Crippen molar-refractivity contribution in [2.75, 3.05) is 26.0 Å². The highest BCUT2D eigenvalue weighted by atomic mass is 35.5. The van der Waals surface area contributed by atoms with Crippen LogP contribution in [0.4, 0.5) is 0 Å². The van der Waals surface area contributed by atoms with Crippen molar-refractivity contribution in [2.45, 2.75) is 13.0 Å². The first-order chi connectivity index (χ1) is 8.96. The Bertz CT molecular complexity index is 560. The minimum atomic E-state index is -3.12. The number of sulfonamides is 1. The van der Waals surface area contributed by atoms with Crippen LogP contribution in [0.2, 0.25) is 5.02 Å². The molecule has 19 heavy (non-hydrogen) atoms. The van der Waals surface area contributed by atoms with Gasteiger partial charge in [0.25, 0.3) is 0 Å². The molecule has 0 bridgehead atoms. The maximum atomic E-state index is 10.9. The standard InChI is InChI=1S/C12H17ClN2O3S/c1-19(16,17)15-4-3-14-8-10-7-11(13)6-9-2-5-18-12(9)10/h6-7,14-15H,2-5,8H2,1H3. The number of hydrogen-bond acceptors (Lipinski definition) is 4. The third-order valence-electron chi connectivity index (χ3n) is 2.81. The predicted molar refractivity (Wildman–Crippen MR) is 75.2 cm³/mol. The maximum absolute atomic E-state index is 10.9. The highest BCUT2D eigenvalue weighted by Crippen LogP contribution is 2.32. The van der Waals surface area contributed by atoms with Gasteiger partial charge in [0.15, 0.2) is 0 Å². The van der Waals surface area contributed by atoms with E-state index in [2.05, 4.69) is 10.0 Å². The first-order valence-corrected chi connectivity index (χ1v) is 8.32. The maximum Gasteiger partial charge on any atom is 0.208 e. The third-order valence-corrected chi connectivity index (χ3v) is 3.75. The van der Waals surface area contributed by atoms with Gasteiger partial charge in [-0.25, -0.2) is 13.1 Å². The van der Waals surface area contributed by atoms with Gasteiger partial charge in [-0.2, -0.15) is 0 Å². The molecule has 1 aliphatic heterocycles. The molecule has 0 spiro atoms. The first-order valence-electron chi connectivity index (χ1n) is 6.05. The van der Waals surface area contributed by atoms with E-state index in [1.807, 2.05) is 12.1 Å². The van der Waals surface area contributed by atoms with Gasteiger partial charge < -0.3 is 10.1 Å². The molecule has 2 N–H and O–H groups in total. The van der Waals surface area contributed by atoms with Gasteiger partial charge in [-0.3, -0.25) is 0 Å². The summed E-state index contributed by atoms with van der Waals surface area (Å²) in [5.41, 5.74) is 2.15. The van der Waals surface area contributed by atoms with Gasteiger partial charge in [-0.1, -0.05) is 11.6 Å². The van der Waals surface area contributed by atoms with Gasteiger partial charge in [-0.05, 0) is 17.7 Å². The van der Waals surface area contributed by atoms with Crippen molar-refractivity contribution >= 4 is 21.6 Å². The van der Waals surface area contributed by atoms with Crippen molar-refractivity contribution < 1.29 is 13.2 Å². The van der Waals surface area contributed by atoms with E-state index in [0.29, 0.717) is 31.3 Å². The number of ether oxygens (including phenoxy) is 1. The number of nitrogens with one attached hydrogen (secondary N) is 2. The van der Waals surface area contributed by atoms with E-state index in [1.54, 1.807) is 0 Å². The molecule has 0 fully saturated rings. The molecule has 1 aliphatic rings. The van der Waals surface area contributed by atoms with Crippen molar-refractivity contribution in [3.8, 4) is 5.75 Å². The molecule has 1 aromatic carbocycles. The van der Waals surface area contributed by atoms with Crippen molar-refractivity contribution in [2.24, 2.45) is 0 Å². The molecule has 0 amide bonds. The zero-order valence-corrected chi connectivity index (χ0v) is 12.3. The summed E-state index contributed by atoms with van der Waals surface area (Å²) in [6.45, 7) is 2.21. The van der Waals surface area contributed by atoms with Gasteiger partial charge >= 0.3 is 0 Å². The Kier molecular flexibility index (Phi) is 4.67. The van der Waals surface area contributed by atoms with Gasteiger partial charge in [-0.15, -0.1) is 0 Å². The summed E-state index contributed by atoms with van der Waals surface area (Å²) in [4.78, 5) is 0. The number of rotatable bonds is 6. The largest absolute Gasteiger partial charge is 0.493 e. The van der Waals surface area contributed by atoms with Gasteiger partial charge in [0, 0.05) is 36.6 Å². The van der Waals surface area contributed by atoms with Crippen LogP contribution in [-0.2, 0) is 23.0 Å². The summed E-state index contributed by atoms with van der Waals surface area (Å²) in [5, 5.41) is 3.87. The summed E-state index contributed by atoms with van der Waals surface area (Å²) in [7, 11) is -3.12. The third kappa shape index (κ3) is 4.35. The monoisotopic (exact) mass is 304 g/mol. The van der Waals surface area contributed by atoms with E-state index >= 15 is 0 Å². The lowest BCUT2D eigenvalue weighted by Crippen LogP contribution is -2.30. The van der Waals surface area contributed by atoms with Crippen LogP contribution in [-0.4, -0.2) is 34.4 Å². The molecule has 0 aliphatic carbocycles. The zero-order chi connectivity index (χ0) is 13.9. The lowest BCUT2D eigenvalue weighted by molar-refractivity contribution is 0.352. The van der Waals surface area contributed by atoms with Crippen LogP contribution in [0.5, 0.6) is 5.75 Å². The summed E-state index contributed by atoms with van der Waals surface area (Å²) in [6.07, 6.45) is 2.03. The highest BCUT2D eigenvalue weighted by molar-refractivity contribution is 7.88. The van der Waals surface area contributed by atoms with Crippen LogP contribution in [0.1, 0.15) is 11.1 Å². The summed E-state index contributed by atoms with van der Waals surface area (Å²) in [6, 6.07) is 3.81. The Balaban J connectivity index is 1.87. The molecule has 0 saturated heterocycles. The van der Waals surface area contributed by atoms with Crippen LogP contribution < -0.4 is 14.8 Å². The average Bonchev–Trinajstić information content (AvgIpc) is 2.74. The van der Waals surface area contributed by atoms with Crippen molar-refractivity contribution in [3.63, 3.8) is 0 Å². The smallest absolute Gasteiger partial charge is 0.208 e. The Morgan fingerprint density at radius 2 is 2.16 bits per heavy atom. The second kappa shape index (κ2) is 6.09. The zero-order valence-electron chi connectivity index (χ0n) is 10.7. The minimum absolute atomic E-state index is 0.364. The summed E-state index contributed by atoms with van der Waals surface area (Å²) in [5.74, 6) is 0.910. The van der Waals surface area contributed by atoms with E-state index in [-0.39, 0.29) is 0 Å². The van der Waals surface area contributed by atoms with Gasteiger partial charge in [0.1, 0.15) is 5.75 Å². The van der Waals surface area contributed by atoms with Crippen LogP contribution in [0.15, 0.2) is 12.1 Å². The molecule has 1 aromatic rings. The van der Waals surface area contributed by atoms with Crippen LogP contribution in [0, 0.1) is 0 Å². The fourth-order valence-corrected chi connectivity index (χ4v) is 2.76. The van der Waals surface area contributed by atoms with Crippen molar-refractivity contribution in [1.82, 2.24) is 10.0 Å². The van der Waals surface area contributed by atoms with Crippen LogP contribution in [0.3, 0.4) is 0 Å². The lowest BCUT2D eigenvalue weighted by Gasteiger charge is -2.10. The lowest BCUT2D eigenvalue weighted by atomic mass is 10.1. The number of hydrogen-bond donors (Lipinski definition) is 2. The minimum Gasteiger partial charge on any atom is -0.493 e. The van der Waals surface area contributed by atoms with Crippen LogP contribution in [0.25, 0.3) is 0 Å². The van der Waals surface area contributed by atoms with Crippen molar-refractivity contribution in [3.05, 3.63) is 28.3 Å². The molecule has 0 aromatic heterocycles. The fraction of sp³-hybridized carbons (Fsp3) is 0.500. The summed E-state index contributed by atoms with van der Waals surface area (Å²) >= 11 is 6.05. The Labute approximate surface area is 118 Å². The quantitative estimate of drug-likeness (QED) is 0.767. The molecule has 5 nitrogen and oxygen atoms in total. The topological polar surface area (TPSA) is 67.4 Å². The second-order valence-corrected chi connectivity index (χ2v) is 6.76. The first kappa shape index (κ1) is 14.6. The molecular formula is C12H17ClN2O3S. The van der Waals surface area contributed by atoms with E-state index < -0.39 is 10.0 Å². The fourth-order valence-electron chi connectivity index (χ4n) is 2.03.